The summed E-state index contributed by atoms with van der Waals surface area (Å²) in [5, 5.41) is 4.16. The fraction of sp³-hybridized carbons (Fsp3) is 0. The number of hydrogen-bond donors (Lipinski definition) is 0. The largest absolute Gasteiger partial charge is 0.454 e. The molecule has 0 spiro atoms. The van der Waals surface area contributed by atoms with Crippen LogP contribution in [-0.2, 0) is 0 Å². The smallest absolute Gasteiger partial charge is 0.150 e. The van der Waals surface area contributed by atoms with Crippen molar-refractivity contribution >= 4 is 139 Å². The average molecular weight is 756 g/mol. The van der Waals surface area contributed by atoms with Crippen LogP contribution in [0.3, 0.4) is 0 Å². The van der Waals surface area contributed by atoms with Crippen LogP contribution in [0.4, 0.5) is 0 Å². The van der Waals surface area contributed by atoms with Crippen molar-refractivity contribution in [1.29, 1.82) is 0 Å². The lowest BCUT2D eigenvalue weighted by Crippen LogP contribution is -1.97. The number of rotatable bonds is 0. The van der Waals surface area contributed by atoms with Crippen LogP contribution < -0.4 is 0 Å². The Morgan fingerprint density at radius 1 is 0.429 bits per heavy atom. The van der Waals surface area contributed by atoms with Gasteiger partial charge in [0.15, 0.2) is 0 Å². The standard InChI is InChI=1S/C20H4Br6O2/c21-7-3-11(25)17-13-5(7)1-9(23)19-15(13)16-14-6(2-10(24)20(16)28-17)8(22)4-12(26)18(14)27-19/h1-4H. The van der Waals surface area contributed by atoms with Crippen LogP contribution in [0.25, 0.3) is 55.0 Å². The van der Waals surface area contributed by atoms with Gasteiger partial charge in [0.25, 0.3) is 0 Å². The zero-order valence-corrected chi connectivity index (χ0v) is 22.9. The van der Waals surface area contributed by atoms with E-state index in [4.69, 9.17) is 8.83 Å². The highest BCUT2D eigenvalue weighted by molar-refractivity contribution is 9.11. The van der Waals surface area contributed by atoms with Gasteiger partial charge in [-0.05, 0) is 88.0 Å². The summed E-state index contributed by atoms with van der Waals surface area (Å²) in [6.07, 6.45) is 0. The summed E-state index contributed by atoms with van der Waals surface area (Å²) < 4.78 is 18.5. The van der Waals surface area contributed by atoms with E-state index in [2.05, 4.69) is 108 Å². The molecule has 0 fully saturated rings. The second kappa shape index (κ2) is 6.20. The van der Waals surface area contributed by atoms with Crippen LogP contribution in [0.15, 0.2) is 59.9 Å². The van der Waals surface area contributed by atoms with E-state index in [9.17, 15) is 0 Å². The van der Waals surface area contributed by atoms with Gasteiger partial charge >= 0.3 is 0 Å². The molecule has 6 rings (SSSR count). The molecule has 0 aromatic heterocycles. The molecule has 0 atom stereocenters. The third kappa shape index (κ3) is 2.28. The molecule has 0 bridgehead atoms. The topological polar surface area (TPSA) is 26.3 Å². The Labute approximate surface area is 208 Å². The first-order valence-corrected chi connectivity index (χ1v) is 12.8. The fourth-order valence-corrected chi connectivity index (χ4v) is 7.67. The summed E-state index contributed by atoms with van der Waals surface area (Å²) in [6, 6.07) is 8.16. The molecule has 8 heteroatoms. The SMILES string of the molecule is Brc1cc2c(Br)cc(Br)c3oc4c(Br)cc5c(Br)cc(Br)c6oc1c(c23)-c4c56. The van der Waals surface area contributed by atoms with E-state index in [1.165, 1.54) is 0 Å². The number of benzene rings is 4. The quantitative estimate of drug-likeness (QED) is 0.114. The molecule has 0 saturated carbocycles. The summed E-state index contributed by atoms with van der Waals surface area (Å²) in [5.41, 5.74) is 5.22. The number of halogens is 6. The Hall–Kier alpha value is -0.120. The first-order valence-electron chi connectivity index (χ1n) is 8.01. The van der Waals surface area contributed by atoms with Crippen molar-refractivity contribution in [3.05, 3.63) is 51.1 Å². The maximum Gasteiger partial charge on any atom is 0.150 e. The van der Waals surface area contributed by atoms with Crippen LogP contribution in [0.5, 0.6) is 0 Å². The zero-order valence-electron chi connectivity index (χ0n) is 13.4. The molecule has 2 nitrogen and oxygen atoms in total. The molecule has 0 saturated heterocycles. The second-order valence-corrected chi connectivity index (χ2v) is 11.6. The minimum absolute atomic E-state index is 0.788. The summed E-state index contributed by atoms with van der Waals surface area (Å²) in [5.74, 6) is 0. The highest BCUT2D eigenvalue weighted by Gasteiger charge is 2.30. The molecular weight excluding hydrogens is 752 g/mol. The normalized spacial score (nSPS) is 12.6. The first-order chi connectivity index (χ1) is 13.4. The van der Waals surface area contributed by atoms with Crippen LogP contribution in [-0.4, -0.2) is 0 Å². The Kier molecular flexibility index (Phi) is 4.13. The monoisotopic (exact) mass is 750 g/mol. The van der Waals surface area contributed by atoms with E-state index in [0.29, 0.717) is 0 Å². The Morgan fingerprint density at radius 3 is 1.18 bits per heavy atom. The molecule has 138 valence electrons. The summed E-state index contributed by atoms with van der Waals surface area (Å²) in [7, 11) is 0. The molecule has 2 aliphatic rings. The molecule has 0 radical (unpaired) electrons. The zero-order chi connectivity index (χ0) is 19.5. The summed E-state index contributed by atoms with van der Waals surface area (Å²) >= 11 is 22.2. The van der Waals surface area contributed by atoms with Crippen molar-refractivity contribution in [2.75, 3.05) is 0 Å². The van der Waals surface area contributed by atoms with E-state index < -0.39 is 0 Å². The lowest BCUT2D eigenvalue weighted by molar-refractivity contribution is 0.642. The van der Waals surface area contributed by atoms with Gasteiger partial charge in [-0.25, -0.2) is 0 Å². The third-order valence-electron chi connectivity index (χ3n) is 5.04. The summed E-state index contributed by atoms with van der Waals surface area (Å²) in [6.45, 7) is 0. The van der Waals surface area contributed by atoms with Crippen molar-refractivity contribution in [1.82, 2.24) is 0 Å². The molecule has 0 amide bonds. The van der Waals surface area contributed by atoms with Crippen molar-refractivity contribution in [2.45, 2.75) is 0 Å². The number of hydrogen-bond acceptors (Lipinski definition) is 2. The van der Waals surface area contributed by atoms with Crippen LogP contribution >= 0.6 is 95.6 Å². The first kappa shape index (κ1) is 18.6. The highest BCUT2D eigenvalue weighted by Crippen LogP contribution is 2.55. The Morgan fingerprint density at radius 2 is 0.786 bits per heavy atom. The van der Waals surface area contributed by atoms with Gasteiger partial charge in [-0.3, -0.25) is 0 Å². The molecule has 28 heavy (non-hydrogen) atoms. The van der Waals surface area contributed by atoms with Crippen molar-refractivity contribution in [3.8, 4) is 11.1 Å². The van der Waals surface area contributed by atoms with E-state index >= 15 is 0 Å². The van der Waals surface area contributed by atoms with Gasteiger partial charge in [0.1, 0.15) is 22.3 Å². The van der Waals surface area contributed by atoms with E-state index in [-0.39, 0.29) is 0 Å². The minimum Gasteiger partial charge on any atom is -0.454 e. The molecule has 0 N–H and O–H groups in total. The third-order valence-corrected chi connectivity index (χ3v) is 8.70. The van der Waals surface area contributed by atoms with E-state index in [0.717, 1.165) is 81.8 Å². The molecule has 4 aromatic rings. The predicted octanol–water partition coefficient (Wildman–Crippen LogP) is 10.6. The lowest BCUT2D eigenvalue weighted by Gasteiger charge is -2.22. The van der Waals surface area contributed by atoms with Gasteiger partial charge in [0.2, 0.25) is 0 Å². The summed E-state index contributed by atoms with van der Waals surface area (Å²) in [4.78, 5) is 0. The molecule has 2 aliphatic heterocycles. The fourth-order valence-electron chi connectivity index (χ4n) is 3.94. The molecular formula is C20H4Br6O2. The van der Waals surface area contributed by atoms with Crippen LogP contribution in [0.1, 0.15) is 0 Å². The van der Waals surface area contributed by atoms with Gasteiger partial charge in [-0.15, -0.1) is 0 Å². The van der Waals surface area contributed by atoms with Crippen molar-refractivity contribution < 1.29 is 8.83 Å². The van der Waals surface area contributed by atoms with Gasteiger partial charge < -0.3 is 8.83 Å². The van der Waals surface area contributed by atoms with Crippen LogP contribution in [0, 0.1) is 0 Å². The van der Waals surface area contributed by atoms with Gasteiger partial charge in [-0.1, -0.05) is 31.9 Å². The van der Waals surface area contributed by atoms with Gasteiger partial charge in [0.05, 0.1) is 17.9 Å². The predicted molar refractivity (Wildman–Crippen MR) is 135 cm³/mol. The van der Waals surface area contributed by atoms with E-state index in [1.807, 2.05) is 12.1 Å². The molecule has 0 unspecified atom stereocenters. The lowest BCUT2D eigenvalue weighted by atomic mass is 9.90. The van der Waals surface area contributed by atoms with E-state index in [1.54, 1.807) is 0 Å². The molecule has 4 aromatic carbocycles. The Balaban J connectivity index is 2.10. The van der Waals surface area contributed by atoms with Gasteiger partial charge in [-0.2, -0.15) is 0 Å². The average Bonchev–Trinajstić information content (AvgIpc) is 2.65. The van der Waals surface area contributed by atoms with Crippen LogP contribution in [0.2, 0.25) is 0 Å². The maximum atomic E-state index is 6.46. The Bertz CT molecular complexity index is 1460. The highest BCUT2D eigenvalue weighted by atomic mass is 79.9. The van der Waals surface area contributed by atoms with Crippen molar-refractivity contribution in [2.24, 2.45) is 0 Å². The van der Waals surface area contributed by atoms with Crippen molar-refractivity contribution in [3.63, 3.8) is 0 Å². The van der Waals surface area contributed by atoms with Gasteiger partial charge in [0, 0.05) is 41.6 Å². The minimum atomic E-state index is 0.788. The maximum absolute atomic E-state index is 6.46. The second-order valence-electron chi connectivity index (χ2n) is 6.51. The molecule has 2 heterocycles. The molecule has 0 aliphatic carbocycles.